The van der Waals surface area contributed by atoms with Crippen LogP contribution in [0.2, 0.25) is 0 Å². The predicted molar refractivity (Wildman–Crippen MR) is 123 cm³/mol. The van der Waals surface area contributed by atoms with Crippen LogP contribution in [-0.4, -0.2) is 31.7 Å². The maximum atomic E-state index is 12.3. The number of fused-ring (bicyclic) bond motifs is 1. The summed E-state index contributed by atoms with van der Waals surface area (Å²) < 4.78 is 22.1. The Bertz CT molecular complexity index is 1260. The lowest BCUT2D eigenvalue weighted by molar-refractivity contribution is -0.118. The van der Waals surface area contributed by atoms with Crippen LogP contribution in [0.25, 0.3) is 22.6 Å². The molecular formula is C25H24N2O5. The number of amides is 1. The number of rotatable bonds is 7. The second-order valence-corrected chi connectivity index (χ2v) is 7.43. The molecule has 4 rings (SSSR count). The van der Waals surface area contributed by atoms with Gasteiger partial charge in [-0.2, -0.15) is 0 Å². The zero-order chi connectivity index (χ0) is 22.7. The fraction of sp³-hybridized carbons (Fsp3) is 0.200. The Morgan fingerprint density at radius 2 is 1.69 bits per heavy atom. The normalized spacial score (nSPS) is 10.8. The molecule has 0 radical (unpaired) electrons. The van der Waals surface area contributed by atoms with E-state index < -0.39 is 0 Å². The molecule has 1 N–H and O–H groups in total. The number of benzene rings is 3. The first-order chi connectivity index (χ1) is 15.4. The smallest absolute Gasteiger partial charge is 0.262 e. The molecule has 0 saturated carbocycles. The van der Waals surface area contributed by atoms with Crippen molar-refractivity contribution in [2.75, 3.05) is 26.1 Å². The van der Waals surface area contributed by atoms with Crippen LogP contribution in [0.4, 0.5) is 5.69 Å². The van der Waals surface area contributed by atoms with E-state index in [1.807, 2.05) is 32.0 Å². The Morgan fingerprint density at radius 3 is 2.41 bits per heavy atom. The fourth-order valence-electron chi connectivity index (χ4n) is 3.46. The SMILES string of the molecule is COc1ccc(-c2nc3cc(NC(=O)COc4cc(C)cc(C)c4)ccc3o2)cc1OC. The van der Waals surface area contributed by atoms with E-state index in [4.69, 9.17) is 18.6 Å². The van der Waals surface area contributed by atoms with E-state index in [1.54, 1.807) is 44.6 Å². The highest BCUT2D eigenvalue weighted by atomic mass is 16.5. The molecule has 1 amide bonds. The summed E-state index contributed by atoms with van der Waals surface area (Å²) in [4.78, 5) is 16.9. The van der Waals surface area contributed by atoms with E-state index in [9.17, 15) is 4.79 Å². The Hall–Kier alpha value is -4.00. The zero-order valence-corrected chi connectivity index (χ0v) is 18.4. The molecule has 0 aliphatic carbocycles. The standard InChI is InChI=1S/C25H24N2O5/c1-15-9-16(2)11-19(10-15)31-14-24(28)26-18-6-8-21-20(13-18)27-25(32-21)17-5-7-22(29-3)23(12-17)30-4/h5-13H,14H2,1-4H3,(H,26,28). The Labute approximate surface area is 185 Å². The molecule has 7 heteroatoms. The van der Waals surface area contributed by atoms with Gasteiger partial charge in [0, 0.05) is 11.3 Å². The van der Waals surface area contributed by atoms with Gasteiger partial charge in [0.2, 0.25) is 5.89 Å². The summed E-state index contributed by atoms with van der Waals surface area (Å²) >= 11 is 0. The third-order valence-corrected chi connectivity index (χ3v) is 4.87. The summed E-state index contributed by atoms with van der Waals surface area (Å²) in [6.45, 7) is 3.89. The van der Waals surface area contributed by atoms with E-state index in [0.717, 1.165) is 16.7 Å². The summed E-state index contributed by atoms with van der Waals surface area (Å²) in [7, 11) is 3.16. The molecule has 1 heterocycles. The van der Waals surface area contributed by atoms with Crippen molar-refractivity contribution in [1.82, 2.24) is 4.98 Å². The van der Waals surface area contributed by atoms with Gasteiger partial charge in [-0.25, -0.2) is 4.98 Å². The van der Waals surface area contributed by atoms with Crippen LogP contribution in [0.1, 0.15) is 11.1 Å². The monoisotopic (exact) mass is 432 g/mol. The van der Waals surface area contributed by atoms with E-state index in [0.29, 0.717) is 39.9 Å². The first-order valence-corrected chi connectivity index (χ1v) is 10.1. The number of nitrogens with one attached hydrogen (secondary N) is 1. The number of carbonyl (C=O) groups is 1. The van der Waals surface area contributed by atoms with Crippen LogP contribution < -0.4 is 19.5 Å². The van der Waals surface area contributed by atoms with E-state index in [2.05, 4.69) is 16.4 Å². The van der Waals surface area contributed by atoms with Gasteiger partial charge in [-0.1, -0.05) is 6.07 Å². The first kappa shape index (κ1) is 21.2. The average Bonchev–Trinajstić information content (AvgIpc) is 3.20. The fourth-order valence-corrected chi connectivity index (χ4v) is 3.46. The van der Waals surface area contributed by atoms with Gasteiger partial charge >= 0.3 is 0 Å². The molecule has 1 aromatic heterocycles. The number of carbonyl (C=O) groups excluding carboxylic acids is 1. The van der Waals surface area contributed by atoms with Gasteiger partial charge in [-0.15, -0.1) is 0 Å². The highest BCUT2D eigenvalue weighted by molar-refractivity contribution is 5.94. The topological polar surface area (TPSA) is 82.8 Å². The van der Waals surface area contributed by atoms with Gasteiger partial charge in [-0.3, -0.25) is 4.79 Å². The number of methoxy groups -OCH3 is 2. The summed E-state index contributed by atoms with van der Waals surface area (Å²) in [5, 5.41) is 2.83. The maximum absolute atomic E-state index is 12.3. The number of aromatic nitrogens is 1. The quantitative estimate of drug-likeness (QED) is 0.435. The zero-order valence-electron chi connectivity index (χ0n) is 18.4. The van der Waals surface area contributed by atoms with Crippen molar-refractivity contribution in [2.24, 2.45) is 0 Å². The van der Waals surface area contributed by atoms with E-state index in [-0.39, 0.29) is 12.5 Å². The van der Waals surface area contributed by atoms with Crippen LogP contribution in [-0.2, 0) is 4.79 Å². The highest BCUT2D eigenvalue weighted by Crippen LogP contribution is 2.33. The van der Waals surface area contributed by atoms with Crippen LogP contribution in [0, 0.1) is 13.8 Å². The molecule has 0 saturated heterocycles. The number of ether oxygens (including phenoxy) is 3. The van der Waals surface area contributed by atoms with Crippen molar-refractivity contribution in [3.05, 3.63) is 65.7 Å². The summed E-state index contributed by atoms with van der Waals surface area (Å²) in [5.74, 6) is 2.07. The molecule has 0 aliphatic heterocycles. The summed E-state index contributed by atoms with van der Waals surface area (Å²) in [5.41, 5.74) is 4.77. The first-order valence-electron chi connectivity index (χ1n) is 10.1. The molecule has 0 fully saturated rings. The van der Waals surface area contributed by atoms with Crippen LogP contribution in [0.5, 0.6) is 17.2 Å². The second-order valence-electron chi connectivity index (χ2n) is 7.43. The second kappa shape index (κ2) is 9.01. The minimum Gasteiger partial charge on any atom is -0.493 e. The predicted octanol–water partition coefficient (Wildman–Crippen LogP) is 5.15. The van der Waals surface area contributed by atoms with Crippen LogP contribution in [0.15, 0.2) is 59.0 Å². The lowest BCUT2D eigenvalue weighted by atomic mass is 10.1. The number of aryl methyl sites for hydroxylation is 2. The molecular weight excluding hydrogens is 408 g/mol. The minimum atomic E-state index is -0.257. The molecule has 32 heavy (non-hydrogen) atoms. The molecule has 0 aliphatic rings. The van der Waals surface area contributed by atoms with Crippen LogP contribution in [0.3, 0.4) is 0 Å². The molecule has 164 valence electrons. The third kappa shape index (κ3) is 4.67. The molecule has 3 aromatic carbocycles. The third-order valence-electron chi connectivity index (χ3n) is 4.87. The van der Waals surface area contributed by atoms with Crippen molar-refractivity contribution in [3.63, 3.8) is 0 Å². The van der Waals surface area contributed by atoms with Gasteiger partial charge in [0.15, 0.2) is 23.7 Å². The Balaban J connectivity index is 1.47. The molecule has 0 spiro atoms. The molecule has 0 bridgehead atoms. The van der Waals surface area contributed by atoms with Gasteiger partial charge < -0.3 is 23.9 Å². The summed E-state index contributed by atoms with van der Waals surface area (Å²) in [6.07, 6.45) is 0. The minimum absolute atomic E-state index is 0.0867. The molecule has 4 aromatic rings. The lowest BCUT2D eigenvalue weighted by Gasteiger charge is -2.09. The van der Waals surface area contributed by atoms with Crippen LogP contribution >= 0.6 is 0 Å². The number of oxazole rings is 1. The summed E-state index contributed by atoms with van der Waals surface area (Å²) in [6, 6.07) is 16.6. The van der Waals surface area contributed by atoms with Gasteiger partial charge in [0.05, 0.1) is 14.2 Å². The number of hydrogen-bond acceptors (Lipinski definition) is 6. The average molecular weight is 432 g/mol. The number of hydrogen-bond donors (Lipinski definition) is 1. The van der Waals surface area contributed by atoms with Gasteiger partial charge in [-0.05, 0) is 73.5 Å². The largest absolute Gasteiger partial charge is 0.493 e. The molecule has 0 atom stereocenters. The number of anilines is 1. The molecule has 7 nitrogen and oxygen atoms in total. The van der Waals surface area contributed by atoms with Gasteiger partial charge in [0.1, 0.15) is 11.3 Å². The Morgan fingerprint density at radius 1 is 0.938 bits per heavy atom. The van der Waals surface area contributed by atoms with E-state index >= 15 is 0 Å². The lowest BCUT2D eigenvalue weighted by Crippen LogP contribution is -2.20. The van der Waals surface area contributed by atoms with E-state index in [1.165, 1.54) is 0 Å². The van der Waals surface area contributed by atoms with Crippen molar-refractivity contribution in [3.8, 4) is 28.7 Å². The Kier molecular flexibility index (Phi) is 5.98. The maximum Gasteiger partial charge on any atom is 0.262 e. The van der Waals surface area contributed by atoms with Gasteiger partial charge in [0.25, 0.3) is 5.91 Å². The highest BCUT2D eigenvalue weighted by Gasteiger charge is 2.13. The van der Waals surface area contributed by atoms with Crippen molar-refractivity contribution < 1.29 is 23.4 Å². The van der Waals surface area contributed by atoms with Crippen molar-refractivity contribution in [1.29, 1.82) is 0 Å². The molecule has 0 unspecified atom stereocenters. The van der Waals surface area contributed by atoms with Crippen molar-refractivity contribution >= 4 is 22.7 Å². The van der Waals surface area contributed by atoms with Crippen molar-refractivity contribution in [2.45, 2.75) is 13.8 Å². The number of nitrogens with zero attached hydrogens (tertiary/aromatic N) is 1.